The average Bonchev–Trinajstić information content (AvgIpc) is 2.60. The smallest absolute Gasteiger partial charge is 0.416 e. The van der Waals surface area contributed by atoms with Gasteiger partial charge in [0.2, 0.25) is 0 Å². The topological polar surface area (TPSA) is 90.8 Å². The summed E-state index contributed by atoms with van der Waals surface area (Å²) in [6, 6.07) is 10.5. The van der Waals surface area contributed by atoms with Gasteiger partial charge in [0, 0.05) is 11.3 Å². The van der Waals surface area contributed by atoms with E-state index >= 15 is 0 Å². The van der Waals surface area contributed by atoms with Crippen molar-refractivity contribution >= 4 is 23.8 Å². The van der Waals surface area contributed by atoms with Crippen molar-refractivity contribution in [2.24, 2.45) is 5.10 Å². The van der Waals surface area contributed by atoms with E-state index < -0.39 is 23.6 Å². The number of halogens is 3. The highest BCUT2D eigenvalue weighted by Crippen LogP contribution is 2.30. The minimum atomic E-state index is -4.47. The lowest BCUT2D eigenvalue weighted by atomic mass is 10.1. The molecule has 136 valence electrons. The Kier molecular flexibility index (Phi) is 5.94. The van der Waals surface area contributed by atoms with Crippen molar-refractivity contribution < 1.29 is 27.9 Å². The maximum Gasteiger partial charge on any atom is 0.416 e. The van der Waals surface area contributed by atoms with Crippen molar-refractivity contribution in [3.63, 3.8) is 0 Å². The summed E-state index contributed by atoms with van der Waals surface area (Å²) in [7, 11) is 0. The Morgan fingerprint density at radius 2 is 1.85 bits per heavy atom. The van der Waals surface area contributed by atoms with Crippen molar-refractivity contribution in [1.82, 2.24) is 5.43 Å². The number of nitrogens with one attached hydrogen (secondary N) is 2. The van der Waals surface area contributed by atoms with Gasteiger partial charge in [0.1, 0.15) is 0 Å². The highest BCUT2D eigenvalue weighted by molar-refractivity contribution is 5.98. The zero-order valence-corrected chi connectivity index (χ0v) is 13.2. The molecule has 0 radical (unpaired) electrons. The van der Waals surface area contributed by atoms with Crippen LogP contribution in [0.5, 0.6) is 0 Å². The van der Waals surface area contributed by atoms with Crippen LogP contribution in [0.4, 0.5) is 18.9 Å². The summed E-state index contributed by atoms with van der Waals surface area (Å²) in [5.41, 5.74) is 1.79. The second-order valence-electron chi connectivity index (χ2n) is 5.12. The van der Waals surface area contributed by atoms with E-state index in [0.29, 0.717) is 5.56 Å². The van der Waals surface area contributed by atoms with Crippen molar-refractivity contribution in [3.8, 4) is 0 Å². The molecule has 0 fully saturated rings. The van der Waals surface area contributed by atoms with Crippen LogP contribution < -0.4 is 10.7 Å². The van der Waals surface area contributed by atoms with Crippen LogP contribution >= 0.6 is 0 Å². The maximum absolute atomic E-state index is 12.6. The van der Waals surface area contributed by atoms with Crippen LogP contribution in [-0.2, 0) is 11.0 Å². The zero-order chi connectivity index (χ0) is 19.2. The van der Waals surface area contributed by atoms with E-state index in [1.165, 1.54) is 30.5 Å². The first kappa shape index (κ1) is 19.0. The number of amides is 1. The van der Waals surface area contributed by atoms with Gasteiger partial charge in [-0.25, -0.2) is 10.2 Å². The Balaban J connectivity index is 1.91. The van der Waals surface area contributed by atoms with E-state index in [1.54, 1.807) is 12.1 Å². The molecule has 0 aliphatic rings. The predicted molar refractivity (Wildman–Crippen MR) is 89.1 cm³/mol. The molecule has 0 saturated heterocycles. The normalized spacial score (nSPS) is 11.3. The van der Waals surface area contributed by atoms with Crippen molar-refractivity contribution in [2.45, 2.75) is 6.18 Å². The third kappa shape index (κ3) is 5.33. The summed E-state index contributed by atoms with van der Waals surface area (Å²) in [5, 5.41) is 15.2. The molecule has 0 spiro atoms. The summed E-state index contributed by atoms with van der Waals surface area (Å²) in [5.74, 6) is -1.74. The van der Waals surface area contributed by atoms with Gasteiger partial charge in [-0.3, -0.25) is 4.79 Å². The maximum atomic E-state index is 12.6. The second kappa shape index (κ2) is 8.15. The SMILES string of the molecule is O=C(CNc1cccc(C(F)(F)F)c1)NN=Cc1ccccc1C(=O)O. The van der Waals surface area contributed by atoms with Crippen molar-refractivity contribution in [2.75, 3.05) is 11.9 Å². The number of aromatic carboxylic acids is 1. The van der Waals surface area contributed by atoms with Crippen molar-refractivity contribution in [1.29, 1.82) is 0 Å². The van der Waals surface area contributed by atoms with Gasteiger partial charge in [0.05, 0.1) is 23.9 Å². The van der Waals surface area contributed by atoms with Crippen LogP contribution in [-0.4, -0.2) is 29.7 Å². The van der Waals surface area contributed by atoms with Crippen molar-refractivity contribution in [3.05, 3.63) is 65.2 Å². The first-order chi connectivity index (χ1) is 12.3. The zero-order valence-electron chi connectivity index (χ0n) is 13.2. The number of rotatable bonds is 6. The van der Waals surface area contributed by atoms with Crippen LogP contribution in [0.25, 0.3) is 0 Å². The monoisotopic (exact) mass is 365 g/mol. The molecule has 6 nitrogen and oxygen atoms in total. The van der Waals surface area contributed by atoms with Gasteiger partial charge in [0.25, 0.3) is 5.91 Å². The lowest BCUT2D eigenvalue weighted by Crippen LogP contribution is -2.26. The minimum Gasteiger partial charge on any atom is -0.478 e. The number of hydrogen-bond donors (Lipinski definition) is 3. The highest BCUT2D eigenvalue weighted by atomic mass is 19.4. The number of carbonyl (C=O) groups is 2. The number of carboxylic acids is 1. The molecule has 0 aliphatic carbocycles. The molecule has 9 heteroatoms. The average molecular weight is 365 g/mol. The number of benzene rings is 2. The summed E-state index contributed by atoms with van der Waals surface area (Å²) >= 11 is 0. The lowest BCUT2D eigenvalue weighted by Gasteiger charge is -2.10. The first-order valence-corrected chi connectivity index (χ1v) is 7.33. The molecule has 3 N–H and O–H groups in total. The van der Waals surface area contributed by atoms with E-state index in [9.17, 15) is 22.8 Å². The molecular formula is C17H14F3N3O3. The van der Waals surface area contributed by atoms with E-state index in [0.717, 1.165) is 12.1 Å². The van der Waals surface area contributed by atoms with E-state index in [4.69, 9.17) is 5.11 Å². The van der Waals surface area contributed by atoms with E-state index in [-0.39, 0.29) is 17.8 Å². The molecule has 2 aromatic carbocycles. The Morgan fingerprint density at radius 3 is 2.54 bits per heavy atom. The summed E-state index contributed by atoms with van der Waals surface area (Å²) in [6.07, 6.45) is -3.30. The van der Waals surface area contributed by atoms with Gasteiger partial charge in [-0.05, 0) is 24.3 Å². The minimum absolute atomic E-state index is 0.0209. The molecule has 0 saturated carbocycles. The van der Waals surface area contributed by atoms with Gasteiger partial charge >= 0.3 is 12.1 Å². The number of hydrogen-bond acceptors (Lipinski definition) is 4. The Labute approximate surface area is 146 Å². The van der Waals surface area contributed by atoms with Gasteiger partial charge < -0.3 is 10.4 Å². The Hall–Kier alpha value is -3.36. The van der Waals surface area contributed by atoms with Gasteiger partial charge in [0.15, 0.2) is 0 Å². The molecule has 0 bridgehead atoms. The largest absolute Gasteiger partial charge is 0.478 e. The number of hydrazone groups is 1. The van der Waals surface area contributed by atoms with E-state index in [1.807, 2.05) is 0 Å². The highest BCUT2D eigenvalue weighted by Gasteiger charge is 2.30. The third-order valence-electron chi connectivity index (χ3n) is 3.23. The molecule has 0 unspecified atom stereocenters. The fraction of sp³-hybridized carbons (Fsp3) is 0.118. The summed E-state index contributed by atoms with van der Waals surface area (Å²) in [4.78, 5) is 22.7. The molecule has 0 aromatic heterocycles. The Bertz CT molecular complexity index is 835. The number of carbonyl (C=O) groups excluding carboxylic acids is 1. The van der Waals surface area contributed by atoms with Gasteiger partial charge in [-0.15, -0.1) is 0 Å². The molecular weight excluding hydrogens is 351 g/mol. The lowest BCUT2D eigenvalue weighted by molar-refractivity contribution is -0.137. The molecule has 0 atom stereocenters. The van der Waals surface area contributed by atoms with Crippen LogP contribution in [0.3, 0.4) is 0 Å². The molecule has 26 heavy (non-hydrogen) atoms. The molecule has 0 aliphatic heterocycles. The number of alkyl halides is 3. The molecule has 2 rings (SSSR count). The summed E-state index contributed by atoms with van der Waals surface area (Å²) in [6.45, 7) is -0.306. The van der Waals surface area contributed by atoms with Crippen LogP contribution in [0.2, 0.25) is 0 Å². The number of carboxylic acid groups (broad SMARTS) is 1. The number of anilines is 1. The fourth-order valence-electron chi connectivity index (χ4n) is 2.01. The van der Waals surface area contributed by atoms with Crippen LogP contribution in [0.15, 0.2) is 53.6 Å². The standard InChI is InChI=1S/C17H14F3N3O3/c18-17(19,20)12-5-3-6-13(8-12)21-10-15(24)23-22-9-11-4-1-2-7-14(11)16(25)26/h1-9,21H,10H2,(H,23,24)(H,25,26). The van der Waals surface area contributed by atoms with Gasteiger partial charge in [-0.2, -0.15) is 18.3 Å². The third-order valence-corrected chi connectivity index (χ3v) is 3.23. The van der Waals surface area contributed by atoms with Gasteiger partial charge in [-0.1, -0.05) is 24.3 Å². The fourth-order valence-corrected chi connectivity index (χ4v) is 2.01. The predicted octanol–water partition coefficient (Wildman–Crippen LogP) is 2.97. The summed E-state index contributed by atoms with van der Waals surface area (Å²) < 4.78 is 37.8. The number of nitrogens with zero attached hydrogens (tertiary/aromatic N) is 1. The van der Waals surface area contributed by atoms with Crippen LogP contribution in [0.1, 0.15) is 21.5 Å². The Morgan fingerprint density at radius 1 is 1.12 bits per heavy atom. The van der Waals surface area contributed by atoms with Crippen LogP contribution in [0, 0.1) is 0 Å². The van der Waals surface area contributed by atoms with E-state index in [2.05, 4.69) is 15.8 Å². The first-order valence-electron chi connectivity index (χ1n) is 7.33. The molecule has 0 heterocycles. The quantitative estimate of drug-likeness (QED) is 0.542. The molecule has 2 aromatic rings. The second-order valence-corrected chi connectivity index (χ2v) is 5.12. The molecule has 1 amide bonds.